The molecule has 2 rings (SSSR count). The summed E-state index contributed by atoms with van der Waals surface area (Å²) in [7, 11) is -2.68. The van der Waals surface area contributed by atoms with E-state index in [4.69, 9.17) is 4.74 Å². The number of rotatable bonds is 6. The Bertz CT molecular complexity index is 975. The van der Waals surface area contributed by atoms with Crippen molar-refractivity contribution in [2.45, 2.75) is 24.8 Å². The largest absolute Gasteiger partial charge is 0.449 e. The first-order valence-electron chi connectivity index (χ1n) is 7.95. The van der Waals surface area contributed by atoms with Gasteiger partial charge in [-0.3, -0.25) is 4.79 Å². The number of carbonyl (C=O) groups is 2. The molecule has 0 saturated carbocycles. The molecule has 7 nitrogen and oxygen atoms in total. The summed E-state index contributed by atoms with van der Waals surface area (Å²) in [6, 6.07) is 9.74. The highest BCUT2D eigenvalue weighted by Gasteiger charge is 2.23. The van der Waals surface area contributed by atoms with Crippen molar-refractivity contribution >= 4 is 27.6 Å². The van der Waals surface area contributed by atoms with Gasteiger partial charge in [0.1, 0.15) is 5.82 Å². The van der Waals surface area contributed by atoms with Crippen molar-refractivity contribution in [3.8, 4) is 0 Å². The zero-order valence-corrected chi connectivity index (χ0v) is 15.8. The van der Waals surface area contributed by atoms with E-state index in [2.05, 4.69) is 10.0 Å². The normalized spacial score (nSPS) is 12.3. The highest BCUT2D eigenvalue weighted by molar-refractivity contribution is 7.89. The van der Waals surface area contributed by atoms with Crippen LogP contribution in [-0.2, 0) is 19.6 Å². The van der Waals surface area contributed by atoms with Crippen molar-refractivity contribution in [3.05, 3.63) is 59.4 Å². The minimum Gasteiger partial charge on any atom is -0.449 e. The van der Waals surface area contributed by atoms with Crippen molar-refractivity contribution < 1.29 is 27.1 Å². The Hall–Kier alpha value is -2.78. The number of carbonyl (C=O) groups excluding carboxylic acids is 2. The number of aryl methyl sites for hydroxylation is 1. The van der Waals surface area contributed by atoms with Gasteiger partial charge in [-0.1, -0.05) is 12.1 Å². The number of sulfonamides is 1. The van der Waals surface area contributed by atoms with E-state index in [0.717, 1.165) is 23.8 Å². The molecule has 27 heavy (non-hydrogen) atoms. The predicted octanol–water partition coefficient (Wildman–Crippen LogP) is 2.23. The van der Waals surface area contributed by atoms with Crippen molar-refractivity contribution in [2.24, 2.45) is 0 Å². The summed E-state index contributed by atoms with van der Waals surface area (Å²) in [5.74, 6) is -2.71. The van der Waals surface area contributed by atoms with Crippen LogP contribution < -0.4 is 10.0 Å². The van der Waals surface area contributed by atoms with Gasteiger partial charge in [-0.2, -0.15) is 0 Å². The first kappa shape index (κ1) is 20.5. The van der Waals surface area contributed by atoms with Crippen LogP contribution in [0.3, 0.4) is 0 Å². The Balaban J connectivity index is 2.14. The molecule has 1 amide bonds. The molecule has 1 atom stereocenters. The zero-order chi connectivity index (χ0) is 20.2. The molecule has 0 radical (unpaired) electrons. The lowest BCUT2D eigenvalue weighted by Gasteiger charge is -2.14. The van der Waals surface area contributed by atoms with Gasteiger partial charge in [-0.15, -0.1) is 0 Å². The molecular formula is C18H19FN2O5S. The molecule has 2 N–H and O–H groups in total. The maximum absolute atomic E-state index is 13.9. The Kier molecular flexibility index (Phi) is 6.29. The Morgan fingerprint density at radius 3 is 2.48 bits per heavy atom. The molecule has 0 fully saturated rings. The van der Waals surface area contributed by atoms with E-state index >= 15 is 0 Å². The number of hydrogen-bond acceptors (Lipinski definition) is 5. The number of halogens is 1. The molecule has 0 bridgehead atoms. The molecule has 2 aromatic carbocycles. The van der Waals surface area contributed by atoms with Crippen molar-refractivity contribution in [1.29, 1.82) is 0 Å². The smallest absolute Gasteiger partial charge is 0.341 e. The van der Waals surface area contributed by atoms with Crippen molar-refractivity contribution in [1.82, 2.24) is 4.72 Å². The molecule has 0 aromatic heterocycles. The van der Waals surface area contributed by atoms with Gasteiger partial charge in [0.25, 0.3) is 5.91 Å². The van der Waals surface area contributed by atoms with Crippen LogP contribution in [0, 0.1) is 12.7 Å². The average Bonchev–Trinajstić information content (AvgIpc) is 2.61. The van der Waals surface area contributed by atoms with E-state index in [0.29, 0.717) is 5.69 Å². The summed E-state index contributed by atoms with van der Waals surface area (Å²) in [5, 5.41) is 2.58. The number of ether oxygens (including phenoxy) is 1. The van der Waals surface area contributed by atoms with E-state index in [1.54, 1.807) is 18.2 Å². The lowest BCUT2D eigenvalue weighted by Crippen LogP contribution is -2.30. The van der Waals surface area contributed by atoms with E-state index in [1.807, 2.05) is 13.0 Å². The topological polar surface area (TPSA) is 102 Å². The molecule has 9 heteroatoms. The zero-order valence-electron chi connectivity index (χ0n) is 14.9. The number of esters is 1. The summed E-state index contributed by atoms with van der Waals surface area (Å²) >= 11 is 0. The maximum Gasteiger partial charge on any atom is 0.341 e. The molecular weight excluding hydrogens is 375 g/mol. The van der Waals surface area contributed by atoms with Crippen LogP contribution in [0.5, 0.6) is 0 Å². The molecule has 144 valence electrons. The quantitative estimate of drug-likeness (QED) is 0.732. The van der Waals surface area contributed by atoms with Gasteiger partial charge in [0, 0.05) is 5.69 Å². The molecule has 2 aromatic rings. The van der Waals surface area contributed by atoms with Gasteiger partial charge < -0.3 is 10.1 Å². The molecule has 0 aliphatic heterocycles. The Morgan fingerprint density at radius 1 is 1.15 bits per heavy atom. The summed E-state index contributed by atoms with van der Waals surface area (Å²) in [6.07, 6.45) is -1.22. The monoisotopic (exact) mass is 394 g/mol. The first-order valence-corrected chi connectivity index (χ1v) is 9.44. The van der Waals surface area contributed by atoms with Gasteiger partial charge in [0.2, 0.25) is 10.0 Å². The standard InChI is InChI=1S/C18H19FN2O5S/c1-11-5-4-6-13(9-11)21-17(22)12(2)26-18(23)15-10-14(7-8-16(15)19)27(24,25)20-3/h4-10,12,20H,1-3H3,(H,21,22). The SMILES string of the molecule is CNS(=O)(=O)c1ccc(F)c(C(=O)OC(C)C(=O)Nc2cccc(C)c2)c1. The van der Waals surface area contributed by atoms with E-state index in [-0.39, 0.29) is 4.90 Å². The van der Waals surface area contributed by atoms with Crippen LogP contribution >= 0.6 is 0 Å². The fraction of sp³-hybridized carbons (Fsp3) is 0.222. The molecule has 0 saturated heterocycles. The summed E-state index contributed by atoms with van der Waals surface area (Å²) < 4.78 is 44.6. The van der Waals surface area contributed by atoms with E-state index < -0.39 is 39.4 Å². The van der Waals surface area contributed by atoms with Crippen molar-refractivity contribution in [2.75, 3.05) is 12.4 Å². The van der Waals surface area contributed by atoms with Crippen LogP contribution in [0.4, 0.5) is 10.1 Å². The fourth-order valence-corrected chi connectivity index (χ4v) is 2.95. The highest BCUT2D eigenvalue weighted by Crippen LogP contribution is 2.17. The second kappa shape index (κ2) is 8.28. The second-order valence-electron chi connectivity index (χ2n) is 5.76. The summed E-state index contributed by atoms with van der Waals surface area (Å²) in [6.45, 7) is 3.18. The van der Waals surface area contributed by atoms with Crippen LogP contribution in [0.1, 0.15) is 22.8 Å². The van der Waals surface area contributed by atoms with Crippen LogP contribution in [0.25, 0.3) is 0 Å². The number of benzene rings is 2. The number of anilines is 1. The van der Waals surface area contributed by atoms with Crippen molar-refractivity contribution in [3.63, 3.8) is 0 Å². The summed E-state index contributed by atoms with van der Waals surface area (Å²) in [4.78, 5) is 24.1. The van der Waals surface area contributed by atoms with Gasteiger partial charge in [0.15, 0.2) is 6.10 Å². The third-order valence-electron chi connectivity index (χ3n) is 3.68. The number of hydrogen-bond donors (Lipinski definition) is 2. The van der Waals surface area contributed by atoms with Gasteiger partial charge >= 0.3 is 5.97 Å². The Morgan fingerprint density at radius 2 is 1.85 bits per heavy atom. The molecule has 0 aliphatic carbocycles. The van der Waals surface area contributed by atoms with E-state index in [1.165, 1.54) is 14.0 Å². The van der Waals surface area contributed by atoms with Gasteiger partial charge in [-0.25, -0.2) is 22.3 Å². The lowest BCUT2D eigenvalue weighted by atomic mass is 10.2. The Labute approximate surface area is 156 Å². The van der Waals surface area contributed by atoms with Gasteiger partial charge in [0.05, 0.1) is 10.5 Å². The predicted molar refractivity (Wildman–Crippen MR) is 97.3 cm³/mol. The maximum atomic E-state index is 13.9. The minimum absolute atomic E-state index is 0.296. The van der Waals surface area contributed by atoms with Gasteiger partial charge in [-0.05, 0) is 56.8 Å². The third-order valence-corrected chi connectivity index (χ3v) is 5.09. The number of nitrogens with one attached hydrogen (secondary N) is 2. The molecule has 1 unspecified atom stereocenters. The van der Waals surface area contributed by atoms with Crippen LogP contribution in [0.2, 0.25) is 0 Å². The molecule has 0 heterocycles. The second-order valence-corrected chi connectivity index (χ2v) is 7.64. The summed E-state index contributed by atoms with van der Waals surface area (Å²) in [5.41, 5.74) is 0.875. The number of amides is 1. The molecule has 0 aliphatic rings. The average molecular weight is 394 g/mol. The fourth-order valence-electron chi connectivity index (χ4n) is 2.19. The molecule has 0 spiro atoms. The van der Waals surface area contributed by atoms with Crippen LogP contribution in [-0.4, -0.2) is 33.4 Å². The lowest BCUT2D eigenvalue weighted by molar-refractivity contribution is -0.123. The van der Waals surface area contributed by atoms with Crippen LogP contribution in [0.15, 0.2) is 47.4 Å². The minimum atomic E-state index is -3.86. The highest BCUT2D eigenvalue weighted by atomic mass is 32.2. The first-order chi connectivity index (χ1) is 12.6. The third kappa shape index (κ3) is 5.11. The van der Waals surface area contributed by atoms with E-state index in [9.17, 15) is 22.4 Å².